The summed E-state index contributed by atoms with van der Waals surface area (Å²) in [5.41, 5.74) is 8.17. The molecule has 1 aromatic heterocycles. The predicted octanol–water partition coefficient (Wildman–Crippen LogP) is 2.66. The maximum Gasteiger partial charge on any atom is 0.216 e. The van der Waals surface area contributed by atoms with Crippen molar-refractivity contribution in [3.63, 3.8) is 0 Å². The molecule has 1 aliphatic rings. The van der Waals surface area contributed by atoms with Gasteiger partial charge in [0, 0.05) is 36.8 Å². The van der Waals surface area contributed by atoms with Gasteiger partial charge in [0.2, 0.25) is 12.4 Å². The van der Waals surface area contributed by atoms with Crippen LogP contribution in [0, 0.1) is 18.8 Å². The van der Waals surface area contributed by atoms with Crippen molar-refractivity contribution < 1.29 is 4.79 Å². The molecule has 2 heterocycles. The number of aromatic amines is 1. The van der Waals surface area contributed by atoms with Crippen LogP contribution in [0.15, 0.2) is 29.3 Å². The van der Waals surface area contributed by atoms with Gasteiger partial charge in [0.15, 0.2) is 5.82 Å². The summed E-state index contributed by atoms with van der Waals surface area (Å²) in [4.78, 5) is 19.6. The molecular formula is C21H25ClN6O. The Labute approximate surface area is 175 Å². The van der Waals surface area contributed by atoms with Crippen molar-refractivity contribution in [2.75, 3.05) is 20.1 Å². The molecule has 3 N–H and O–H groups in total. The molecule has 0 unspecified atom stereocenters. The number of carbonyl (C=O) groups is 1. The molecule has 8 heteroatoms. The predicted molar refractivity (Wildman–Crippen MR) is 115 cm³/mol. The lowest BCUT2D eigenvalue weighted by molar-refractivity contribution is -0.114. The van der Waals surface area contributed by atoms with E-state index in [1.54, 1.807) is 13.1 Å². The van der Waals surface area contributed by atoms with Crippen LogP contribution < -0.4 is 5.73 Å². The van der Waals surface area contributed by atoms with Crippen LogP contribution in [0.25, 0.3) is 0 Å². The van der Waals surface area contributed by atoms with Crippen LogP contribution in [0.3, 0.4) is 0 Å². The summed E-state index contributed by atoms with van der Waals surface area (Å²) in [6.45, 7) is 5.41. The first kappa shape index (κ1) is 20.9. The van der Waals surface area contributed by atoms with E-state index in [2.05, 4.69) is 31.9 Å². The molecule has 0 bridgehead atoms. The third-order valence-electron chi connectivity index (χ3n) is 5.05. The number of guanidine groups is 1. The Morgan fingerprint density at radius 2 is 2.07 bits per heavy atom. The van der Waals surface area contributed by atoms with E-state index in [4.69, 9.17) is 17.3 Å². The van der Waals surface area contributed by atoms with Crippen LogP contribution in [0.2, 0.25) is 5.02 Å². The van der Waals surface area contributed by atoms with E-state index in [1.807, 2.05) is 32.0 Å². The number of hydrogen-bond acceptors (Lipinski definition) is 4. The zero-order chi connectivity index (χ0) is 21.0. The van der Waals surface area contributed by atoms with Gasteiger partial charge in [-0.3, -0.25) is 14.8 Å². The van der Waals surface area contributed by atoms with Gasteiger partial charge in [0.05, 0.1) is 5.02 Å². The average molecular weight is 413 g/mol. The number of hydrogen-bond donors (Lipinski definition) is 2. The third kappa shape index (κ3) is 4.97. The number of H-pyrrole nitrogens is 1. The summed E-state index contributed by atoms with van der Waals surface area (Å²) in [5.74, 6) is 7.21. The molecule has 3 rings (SSSR count). The van der Waals surface area contributed by atoms with Crippen molar-refractivity contribution >= 4 is 29.8 Å². The highest BCUT2D eigenvalue weighted by Crippen LogP contribution is 2.23. The molecule has 7 nitrogen and oxygen atoms in total. The van der Waals surface area contributed by atoms with Gasteiger partial charge in [-0.25, -0.2) is 0 Å². The van der Waals surface area contributed by atoms with Crippen molar-refractivity contribution in [2.24, 2.45) is 10.7 Å². The zero-order valence-corrected chi connectivity index (χ0v) is 17.6. The number of likely N-dealkylation sites (tertiary alicyclic amines) is 1. The molecule has 0 aliphatic carbocycles. The number of nitrogens with one attached hydrogen (secondary N) is 1. The smallest absolute Gasteiger partial charge is 0.216 e. The number of benzene rings is 1. The Morgan fingerprint density at radius 1 is 1.38 bits per heavy atom. The van der Waals surface area contributed by atoms with Crippen molar-refractivity contribution in [1.82, 2.24) is 20.0 Å². The Balaban J connectivity index is 1.88. The van der Waals surface area contributed by atoms with Gasteiger partial charge >= 0.3 is 0 Å². The summed E-state index contributed by atoms with van der Waals surface area (Å²) in [7, 11) is 1.69. The fraction of sp³-hybridized carbons (Fsp3) is 0.381. The first-order valence-corrected chi connectivity index (χ1v) is 9.81. The number of carbonyl (C=O) groups excluding carboxylic acids is 1. The molecular weight excluding hydrogens is 388 g/mol. The van der Waals surface area contributed by atoms with Crippen LogP contribution in [0.4, 0.5) is 5.82 Å². The molecule has 1 fully saturated rings. The fourth-order valence-electron chi connectivity index (χ4n) is 3.05. The molecule has 29 heavy (non-hydrogen) atoms. The minimum Gasteiger partial charge on any atom is -0.342 e. The Bertz CT molecular complexity index is 975. The zero-order valence-electron chi connectivity index (χ0n) is 16.9. The molecule has 0 atom stereocenters. The molecule has 0 spiro atoms. The number of nitrogens with zero attached hydrogens (tertiary/aromatic N) is 4. The van der Waals surface area contributed by atoms with E-state index in [0.717, 1.165) is 43.5 Å². The van der Waals surface area contributed by atoms with Crippen molar-refractivity contribution in [3.8, 4) is 11.8 Å². The van der Waals surface area contributed by atoms with E-state index in [0.29, 0.717) is 22.5 Å². The van der Waals surface area contributed by atoms with Crippen molar-refractivity contribution in [3.05, 3.63) is 46.1 Å². The van der Waals surface area contributed by atoms with Crippen LogP contribution in [-0.4, -0.2) is 58.0 Å². The van der Waals surface area contributed by atoms with Gasteiger partial charge in [-0.15, -0.1) is 0 Å². The summed E-state index contributed by atoms with van der Waals surface area (Å²) >= 11 is 6.16. The highest BCUT2D eigenvalue weighted by atomic mass is 35.5. The lowest BCUT2D eigenvalue weighted by atomic mass is 9.91. The van der Waals surface area contributed by atoms with Gasteiger partial charge in [0.1, 0.15) is 5.69 Å². The number of aliphatic imine (C=N–C) groups is 1. The summed E-state index contributed by atoms with van der Waals surface area (Å²) < 4.78 is 0. The SMILES string of the molecule is Cc1c(C#Cc2ccccc2Cl)n[nH]c1/N=C(\N(C)C=O)N1CCC(C)(N)CC1. The Morgan fingerprint density at radius 3 is 2.72 bits per heavy atom. The molecule has 1 amide bonds. The molecule has 1 aromatic carbocycles. The summed E-state index contributed by atoms with van der Waals surface area (Å²) in [5, 5.41) is 7.79. The molecule has 0 radical (unpaired) electrons. The number of halogens is 1. The second-order valence-electron chi connectivity index (χ2n) is 7.54. The molecule has 0 saturated carbocycles. The van der Waals surface area contributed by atoms with Gasteiger partial charge in [-0.2, -0.15) is 10.1 Å². The minimum absolute atomic E-state index is 0.188. The number of rotatable bonds is 2. The van der Waals surface area contributed by atoms with Crippen LogP contribution in [0.5, 0.6) is 0 Å². The van der Waals surface area contributed by atoms with E-state index in [1.165, 1.54) is 4.90 Å². The highest BCUT2D eigenvalue weighted by molar-refractivity contribution is 6.31. The highest BCUT2D eigenvalue weighted by Gasteiger charge is 2.29. The van der Waals surface area contributed by atoms with Crippen molar-refractivity contribution in [1.29, 1.82) is 0 Å². The number of nitrogens with two attached hydrogens (primary N) is 1. The summed E-state index contributed by atoms with van der Waals surface area (Å²) in [6, 6.07) is 7.40. The first-order chi connectivity index (χ1) is 13.8. The number of piperidine rings is 1. The molecule has 152 valence electrons. The van der Waals surface area contributed by atoms with Gasteiger partial charge in [-0.05, 0) is 44.7 Å². The lowest BCUT2D eigenvalue weighted by Crippen LogP contribution is -2.52. The normalized spacial score (nSPS) is 16.2. The third-order valence-corrected chi connectivity index (χ3v) is 5.38. The second-order valence-corrected chi connectivity index (χ2v) is 7.95. The van der Waals surface area contributed by atoms with Gasteiger partial charge in [0.25, 0.3) is 0 Å². The van der Waals surface area contributed by atoms with E-state index < -0.39 is 0 Å². The molecule has 1 aliphatic heterocycles. The van der Waals surface area contributed by atoms with Gasteiger partial charge in [-0.1, -0.05) is 29.7 Å². The monoisotopic (exact) mass is 412 g/mol. The van der Waals surface area contributed by atoms with Gasteiger partial charge < -0.3 is 10.6 Å². The van der Waals surface area contributed by atoms with Crippen molar-refractivity contribution in [2.45, 2.75) is 32.2 Å². The second kappa shape index (κ2) is 8.68. The Hall–Kier alpha value is -2.82. The summed E-state index contributed by atoms with van der Waals surface area (Å²) in [6.07, 6.45) is 2.41. The lowest BCUT2D eigenvalue weighted by Gasteiger charge is -2.39. The quantitative estimate of drug-likeness (QED) is 0.343. The van der Waals surface area contributed by atoms with E-state index in [9.17, 15) is 4.79 Å². The van der Waals surface area contributed by atoms with E-state index in [-0.39, 0.29) is 5.54 Å². The fourth-order valence-corrected chi connectivity index (χ4v) is 3.23. The maximum absolute atomic E-state index is 11.4. The molecule has 2 aromatic rings. The van der Waals surface area contributed by atoms with Crippen LogP contribution in [-0.2, 0) is 4.79 Å². The first-order valence-electron chi connectivity index (χ1n) is 9.43. The van der Waals surface area contributed by atoms with Crippen LogP contribution >= 0.6 is 11.6 Å². The average Bonchev–Trinajstić information content (AvgIpc) is 3.05. The number of aromatic nitrogens is 2. The number of amides is 1. The standard InChI is InChI=1S/C21H25ClN6O/c1-15-18(9-8-16-6-4-5-7-17(16)22)25-26-19(15)24-20(27(3)14-29)28-12-10-21(2,23)11-13-28/h4-7,14H,10-13,23H2,1-3H3,(H,25,26)/b24-20+. The van der Waals surface area contributed by atoms with Crippen LogP contribution in [0.1, 0.15) is 36.6 Å². The Kier molecular flexibility index (Phi) is 6.26. The van der Waals surface area contributed by atoms with E-state index >= 15 is 0 Å². The topological polar surface area (TPSA) is 90.6 Å². The largest absolute Gasteiger partial charge is 0.342 e. The minimum atomic E-state index is -0.188. The maximum atomic E-state index is 11.4. The molecule has 1 saturated heterocycles.